The summed E-state index contributed by atoms with van der Waals surface area (Å²) in [5, 5.41) is 26.3. The number of carboxylic acids is 1. The first-order chi connectivity index (χ1) is 16.3. The van der Waals surface area contributed by atoms with Gasteiger partial charge in [-0.2, -0.15) is 0 Å². The van der Waals surface area contributed by atoms with Crippen LogP contribution in [0, 0.1) is 0 Å². The van der Waals surface area contributed by atoms with Crippen molar-refractivity contribution in [3.63, 3.8) is 0 Å². The van der Waals surface area contributed by atoms with Gasteiger partial charge in [-0.3, -0.25) is 24.4 Å². The van der Waals surface area contributed by atoms with Crippen molar-refractivity contribution < 1.29 is 29.4 Å². The quantitative estimate of drug-likeness (QED) is 0.0543. The van der Waals surface area contributed by atoms with Crippen molar-refractivity contribution in [3.8, 4) is 0 Å². The van der Waals surface area contributed by atoms with Crippen LogP contribution in [0.5, 0.6) is 0 Å². The zero-order valence-corrected chi connectivity index (χ0v) is 19.9. The lowest BCUT2D eigenvalue weighted by Gasteiger charge is -2.25. The number of amides is 3. The summed E-state index contributed by atoms with van der Waals surface area (Å²) in [5.74, 6) is -3.85. The molecule has 0 radical (unpaired) electrons. The fourth-order valence-electron chi connectivity index (χ4n) is 2.74. The lowest BCUT2D eigenvalue weighted by atomic mass is 10.1. The van der Waals surface area contributed by atoms with E-state index in [1.54, 1.807) is 0 Å². The number of aliphatic imine (C=N–C) groups is 2. The van der Waals surface area contributed by atoms with Crippen molar-refractivity contribution in [1.29, 1.82) is 0 Å². The Morgan fingerprint density at radius 3 is 1.77 bits per heavy atom. The van der Waals surface area contributed by atoms with E-state index in [1.807, 2.05) is 0 Å². The molecule has 0 aliphatic heterocycles. The van der Waals surface area contributed by atoms with Crippen LogP contribution in [0.25, 0.3) is 0 Å². The van der Waals surface area contributed by atoms with Gasteiger partial charge in [0.2, 0.25) is 17.7 Å². The first-order valence-electron chi connectivity index (χ1n) is 10.9. The minimum absolute atomic E-state index is 0.00582. The molecule has 0 fully saturated rings. The van der Waals surface area contributed by atoms with Crippen LogP contribution in [0.2, 0.25) is 0 Å². The largest absolute Gasteiger partial charge is 0.480 e. The molecule has 0 aromatic carbocycles. The first-order valence-corrected chi connectivity index (χ1v) is 10.9. The molecule has 0 aliphatic rings. The lowest BCUT2D eigenvalue weighted by Crippen LogP contribution is -2.59. The SMILES string of the molecule is CC(NC(=O)C(N)CCCN=C(N)N)C(=O)NC(C(=O)NC(CCCN=C(N)N)C(=O)O)C(C)O. The average molecular weight is 503 g/mol. The molecule has 0 saturated heterocycles. The summed E-state index contributed by atoms with van der Waals surface area (Å²) in [6.07, 6.45) is -0.401. The van der Waals surface area contributed by atoms with Crippen LogP contribution < -0.4 is 44.6 Å². The van der Waals surface area contributed by atoms with E-state index in [9.17, 15) is 29.4 Å². The topological polar surface area (TPSA) is 300 Å². The molecule has 0 saturated carbocycles. The molecule has 3 amide bonds. The Balaban J connectivity index is 4.91. The van der Waals surface area contributed by atoms with Gasteiger partial charge < -0.3 is 54.8 Å². The molecule has 0 bridgehead atoms. The molecular formula is C19H38N10O6. The molecule has 16 nitrogen and oxygen atoms in total. The number of rotatable bonds is 16. The van der Waals surface area contributed by atoms with Gasteiger partial charge in [0, 0.05) is 13.1 Å². The number of aliphatic hydroxyl groups is 1. The molecule has 5 atom stereocenters. The smallest absolute Gasteiger partial charge is 0.326 e. The van der Waals surface area contributed by atoms with Crippen molar-refractivity contribution in [2.75, 3.05) is 13.1 Å². The monoisotopic (exact) mass is 502 g/mol. The van der Waals surface area contributed by atoms with Crippen LogP contribution in [0.15, 0.2) is 9.98 Å². The third kappa shape index (κ3) is 13.6. The average Bonchev–Trinajstić information content (AvgIpc) is 2.75. The number of guanidine groups is 2. The van der Waals surface area contributed by atoms with Crippen LogP contribution >= 0.6 is 0 Å². The van der Waals surface area contributed by atoms with Crippen molar-refractivity contribution in [3.05, 3.63) is 0 Å². The summed E-state index contributed by atoms with van der Waals surface area (Å²) in [7, 11) is 0. The van der Waals surface area contributed by atoms with Gasteiger partial charge in [-0.1, -0.05) is 0 Å². The van der Waals surface area contributed by atoms with E-state index in [0.717, 1.165) is 0 Å². The summed E-state index contributed by atoms with van der Waals surface area (Å²) < 4.78 is 0. The molecule has 0 spiro atoms. The van der Waals surface area contributed by atoms with E-state index in [1.165, 1.54) is 13.8 Å². The van der Waals surface area contributed by atoms with E-state index in [2.05, 4.69) is 25.9 Å². The predicted octanol–water partition coefficient (Wildman–Crippen LogP) is -4.64. The number of aliphatic carboxylic acids is 1. The van der Waals surface area contributed by atoms with E-state index in [4.69, 9.17) is 28.7 Å². The number of carboxylic acid groups (broad SMARTS) is 1. The van der Waals surface area contributed by atoms with Gasteiger partial charge in [0.15, 0.2) is 11.9 Å². The van der Waals surface area contributed by atoms with Crippen LogP contribution in [-0.2, 0) is 19.2 Å². The van der Waals surface area contributed by atoms with Gasteiger partial charge in [0.25, 0.3) is 0 Å². The van der Waals surface area contributed by atoms with Crippen molar-refractivity contribution in [2.24, 2.45) is 38.7 Å². The number of hydrogen-bond acceptors (Lipinski definition) is 8. The first kappa shape index (κ1) is 31.3. The number of nitrogens with zero attached hydrogens (tertiary/aromatic N) is 2. The molecule has 35 heavy (non-hydrogen) atoms. The number of carbonyl (C=O) groups is 4. The fraction of sp³-hybridized carbons (Fsp3) is 0.684. The molecule has 0 aromatic heterocycles. The highest BCUT2D eigenvalue weighted by molar-refractivity contribution is 5.94. The van der Waals surface area contributed by atoms with Gasteiger partial charge in [0.1, 0.15) is 18.1 Å². The van der Waals surface area contributed by atoms with Gasteiger partial charge in [0.05, 0.1) is 12.1 Å². The summed E-state index contributed by atoms with van der Waals surface area (Å²) in [6, 6.07) is -4.81. The minimum Gasteiger partial charge on any atom is -0.480 e. The molecule has 0 aliphatic carbocycles. The molecule has 0 aromatic rings. The van der Waals surface area contributed by atoms with Gasteiger partial charge in [-0.15, -0.1) is 0 Å². The Labute approximate surface area is 203 Å². The van der Waals surface area contributed by atoms with Crippen LogP contribution in [-0.4, -0.2) is 89.2 Å². The van der Waals surface area contributed by atoms with E-state index in [0.29, 0.717) is 6.42 Å². The minimum atomic E-state index is -1.48. The normalized spacial score (nSPS) is 14.9. The standard InChI is InChI=1S/C19H38N10O6/c1-9(27-15(32)11(20)5-3-7-25-18(21)22)14(31)29-13(10(2)30)16(33)28-12(17(34)35)6-4-8-26-19(23)24/h9-13,30H,3-8,20H2,1-2H3,(H,27,32)(H,28,33)(H,29,31)(H,34,35)(H4,21,22,25)(H4,23,24,26). The highest BCUT2D eigenvalue weighted by atomic mass is 16.4. The Morgan fingerprint density at radius 1 is 0.800 bits per heavy atom. The van der Waals surface area contributed by atoms with Crippen molar-refractivity contribution in [2.45, 2.75) is 69.8 Å². The number of aliphatic hydroxyl groups excluding tert-OH is 1. The van der Waals surface area contributed by atoms with Crippen molar-refractivity contribution >= 4 is 35.6 Å². The maximum Gasteiger partial charge on any atom is 0.326 e. The zero-order valence-electron chi connectivity index (χ0n) is 19.9. The third-order valence-corrected chi connectivity index (χ3v) is 4.68. The second-order valence-electron chi connectivity index (χ2n) is 7.86. The Morgan fingerprint density at radius 2 is 1.31 bits per heavy atom. The summed E-state index contributed by atoms with van der Waals surface area (Å²) in [5.41, 5.74) is 26.6. The second kappa shape index (κ2) is 16.0. The number of nitrogens with two attached hydrogens (primary N) is 5. The summed E-state index contributed by atoms with van der Waals surface area (Å²) >= 11 is 0. The van der Waals surface area contributed by atoms with Gasteiger partial charge in [-0.05, 0) is 39.5 Å². The Bertz CT molecular complexity index is 780. The second-order valence-corrected chi connectivity index (χ2v) is 7.86. The van der Waals surface area contributed by atoms with Crippen LogP contribution in [0.4, 0.5) is 0 Å². The van der Waals surface area contributed by atoms with Crippen molar-refractivity contribution in [1.82, 2.24) is 16.0 Å². The molecule has 0 heterocycles. The Hall–Kier alpha value is -3.66. The van der Waals surface area contributed by atoms with Gasteiger partial charge >= 0.3 is 5.97 Å². The van der Waals surface area contributed by atoms with E-state index >= 15 is 0 Å². The molecule has 5 unspecified atom stereocenters. The zero-order chi connectivity index (χ0) is 27.1. The Kier molecular flexibility index (Phi) is 14.4. The third-order valence-electron chi connectivity index (χ3n) is 4.68. The van der Waals surface area contributed by atoms with Crippen LogP contribution in [0.1, 0.15) is 39.5 Å². The molecular weight excluding hydrogens is 464 g/mol. The summed E-state index contributed by atoms with van der Waals surface area (Å²) in [4.78, 5) is 56.2. The van der Waals surface area contributed by atoms with E-state index in [-0.39, 0.29) is 44.3 Å². The highest BCUT2D eigenvalue weighted by Gasteiger charge is 2.31. The predicted molar refractivity (Wildman–Crippen MR) is 129 cm³/mol. The maximum absolute atomic E-state index is 12.6. The van der Waals surface area contributed by atoms with Crippen LogP contribution in [0.3, 0.4) is 0 Å². The fourth-order valence-corrected chi connectivity index (χ4v) is 2.74. The highest BCUT2D eigenvalue weighted by Crippen LogP contribution is 2.03. The number of nitrogens with one attached hydrogen (secondary N) is 3. The number of carbonyl (C=O) groups excluding carboxylic acids is 3. The van der Waals surface area contributed by atoms with Gasteiger partial charge in [-0.25, -0.2) is 4.79 Å². The van der Waals surface area contributed by atoms with E-state index < -0.39 is 54.0 Å². The summed E-state index contributed by atoms with van der Waals surface area (Å²) in [6.45, 7) is 3.05. The molecule has 16 heteroatoms. The molecule has 15 N–H and O–H groups in total. The molecule has 0 rings (SSSR count). The lowest BCUT2D eigenvalue weighted by molar-refractivity contribution is -0.143. The number of hydrogen-bond donors (Lipinski definition) is 10. The molecule has 200 valence electrons. The maximum atomic E-state index is 12.6.